The van der Waals surface area contributed by atoms with Gasteiger partial charge in [0.05, 0.1) is 12.4 Å². The van der Waals surface area contributed by atoms with Crippen LogP contribution >= 0.6 is 0 Å². The van der Waals surface area contributed by atoms with Crippen LogP contribution in [0.15, 0.2) is 35.5 Å². The third-order valence-corrected chi connectivity index (χ3v) is 3.12. The molecule has 0 spiro atoms. The Balaban J connectivity index is 2.45. The summed E-state index contributed by atoms with van der Waals surface area (Å²) < 4.78 is 29.8. The molecule has 2 rings (SSSR count). The first kappa shape index (κ1) is 12.4. The highest BCUT2D eigenvalue weighted by Gasteiger charge is 2.16. The molecular formula is C10H12N4O3S. The molecule has 7 nitrogen and oxygen atoms in total. The molecule has 0 aliphatic rings. The molecule has 0 saturated carbocycles. The van der Waals surface area contributed by atoms with E-state index in [1.54, 1.807) is 13.2 Å². The van der Waals surface area contributed by atoms with Crippen molar-refractivity contribution in [2.24, 2.45) is 12.2 Å². The van der Waals surface area contributed by atoms with Crippen LogP contribution in [0.25, 0.3) is 0 Å². The van der Waals surface area contributed by atoms with Crippen LogP contribution in [-0.4, -0.2) is 18.2 Å². The maximum Gasteiger partial charge on any atom is 0.241 e. The van der Waals surface area contributed by atoms with E-state index in [0.29, 0.717) is 5.75 Å². The number of hydrogen-bond donors (Lipinski definition) is 2. The van der Waals surface area contributed by atoms with Crippen molar-refractivity contribution in [3.63, 3.8) is 0 Å². The minimum absolute atomic E-state index is 0.111. The number of benzene rings is 1. The van der Waals surface area contributed by atoms with Gasteiger partial charge in [-0.15, -0.1) is 0 Å². The van der Waals surface area contributed by atoms with Crippen molar-refractivity contribution >= 4 is 15.7 Å². The average Bonchev–Trinajstić information content (AvgIpc) is 2.65. The van der Waals surface area contributed by atoms with E-state index < -0.39 is 10.0 Å². The molecule has 0 aliphatic heterocycles. The van der Waals surface area contributed by atoms with E-state index in [-0.39, 0.29) is 16.3 Å². The standard InChI is InChI=1S/C10H12N4O3S/c1-14-6-8(5-13-14)17-9-3-2-7(11)4-10(9)18(12,15)16/h2-6H,11H2,1H3,(H2,12,15,16). The van der Waals surface area contributed by atoms with E-state index in [0.717, 1.165) is 0 Å². The summed E-state index contributed by atoms with van der Waals surface area (Å²) in [7, 11) is -2.18. The zero-order valence-electron chi connectivity index (χ0n) is 9.57. The van der Waals surface area contributed by atoms with Crippen LogP contribution in [0.3, 0.4) is 0 Å². The Morgan fingerprint density at radius 3 is 2.67 bits per heavy atom. The summed E-state index contributed by atoms with van der Waals surface area (Å²) in [6.07, 6.45) is 3.06. The topological polar surface area (TPSA) is 113 Å². The van der Waals surface area contributed by atoms with Gasteiger partial charge < -0.3 is 10.5 Å². The summed E-state index contributed by atoms with van der Waals surface area (Å²) in [6.45, 7) is 0. The molecule has 2 aromatic rings. The van der Waals surface area contributed by atoms with Crippen LogP contribution in [0.4, 0.5) is 5.69 Å². The SMILES string of the molecule is Cn1cc(Oc2ccc(N)cc2S(N)(=O)=O)cn1. The normalized spacial score (nSPS) is 11.4. The van der Waals surface area contributed by atoms with E-state index in [1.807, 2.05) is 0 Å². The Labute approximate surface area is 104 Å². The zero-order valence-corrected chi connectivity index (χ0v) is 10.4. The number of nitrogens with two attached hydrogens (primary N) is 2. The maximum absolute atomic E-state index is 11.4. The first-order chi connectivity index (χ1) is 8.36. The fraction of sp³-hybridized carbons (Fsp3) is 0.100. The van der Waals surface area contributed by atoms with Crippen molar-refractivity contribution < 1.29 is 13.2 Å². The van der Waals surface area contributed by atoms with Crippen molar-refractivity contribution in [3.05, 3.63) is 30.6 Å². The van der Waals surface area contributed by atoms with Crippen LogP contribution in [0, 0.1) is 0 Å². The van der Waals surface area contributed by atoms with Gasteiger partial charge in [0.1, 0.15) is 10.6 Å². The van der Waals surface area contributed by atoms with Gasteiger partial charge in [0, 0.05) is 12.7 Å². The van der Waals surface area contributed by atoms with Gasteiger partial charge >= 0.3 is 0 Å². The quantitative estimate of drug-likeness (QED) is 0.784. The van der Waals surface area contributed by atoms with Gasteiger partial charge in [-0.05, 0) is 18.2 Å². The fourth-order valence-corrected chi connectivity index (χ4v) is 2.10. The van der Waals surface area contributed by atoms with Gasteiger partial charge in [0.25, 0.3) is 0 Å². The van der Waals surface area contributed by atoms with Crippen LogP contribution in [-0.2, 0) is 17.1 Å². The third kappa shape index (κ3) is 2.60. The zero-order chi connectivity index (χ0) is 13.3. The molecule has 0 atom stereocenters. The van der Waals surface area contributed by atoms with Crippen LogP contribution in [0.5, 0.6) is 11.5 Å². The Kier molecular flexibility index (Phi) is 2.97. The van der Waals surface area contributed by atoms with Gasteiger partial charge in [-0.3, -0.25) is 4.68 Å². The highest BCUT2D eigenvalue weighted by atomic mass is 32.2. The monoisotopic (exact) mass is 268 g/mol. The highest BCUT2D eigenvalue weighted by Crippen LogP contribution is 2.29. The number of rotatable bonds is 3. The molecule has 0 radical (unpaired) electrons. The number of nitrogen functional groups attached to an aromatic ring is 1. The molecule has 18 heavy (non-hydrogen) atoms. The van der Waals surface area contributed by atoms with Crippen LogP contribution in [0.1, 0.15) is 0 Å². The lowest BCUT2D eigenvalue weighted by atomic mass is 10.3. The van der Waals surface area contributed by atoms with Gasteiger partial charge in [-0.2, -0.15) is 5.10 Å². The molecule has 4 N–H and O–H groups in total. The van der Waals surface area contributed by atoms with E-state index in [2.05, 4.69) is 5.10 Å². The summed E-state index contributed by atoms with van der Waals surface area (Å²) in [5.74, 6) is 0.520. The second-order valence-corrected chi connectivity index (χ2v) is 5.23. The molecule has 1 aromatic carbocycles. The number of aryl methyl sites for hydroxylation is 1. The molecule has 0 unspecified atom stereocenters. The van der Waals surface area contributed by atoms with Crippen molar-refractivity contribution in [2.45, 2.75) is 4.90 Å². The Bertz CT molecular complexity index is 678. The molecule has 0 fully saturated rings. The van der Waals surface area contributed by atoms with Gasteiger partial charge in [-0.1, -0.05) is 0 Å². The molecule has 96 valence electrons. The molecule has 1 heterocycles. The number of hydrogen-bond acceptors (Lipinski definition) is 5. The van der Waals surface area contributed by atoms with Crippen molar-refractivity contribution in [2.75, 3.05) is 5.73 Å². The molecular weight excluding hydrogens is 256 g/mol. The summed E-state index contributed by atoms with van der Waals surface area (Å²) in [5, 5.41) is 9.01. The van der Waals surface area contributed by atoms with Crippen LogP contribution in [0.2, 0.25) is 0 Å². The van der Waals surface area contributed by atoms with E-state index >= 15 is 0 Å². The van der Waals surface area contributed by atoms with Crippen molar-refractivity contribution in [3.8, 4) is 11.5 Å². The van der Waals surface area contributed by atoms with Gasteiger partial charge in [0.15, 0.2) is 5.75 Å². The first-order valence-electron chi connectivity index (χ1n) is 4.95. The Hall–Kier alpha value is -2.06. The number of primary sulfonamides is 1. The maximum atomic E-state index is 11.4. The first-order valence-corrected chi connectivity index (χ1v) is 6.50. The van der Waals surface area contributed by atoms with E-state index in [1.165, 1.54) is 29.1 Å². The summed E-state index contributed by atoms with van der Waals surface area (Å²) >= 11 is 0. The second-order valence-electron chi connectivity index (χ2n) is 3.70. The number of anilines is 1. The number of sulfonamides is 1. The average molecular weight is 268 g/mol. The minimum Gasteiger partial charge on any atom is -0.453 e. The highest BCUT2D eigenvalue weighted by molar-refractivity contribution is 7.89. The lowest BCUT2D eigenvalue weighted by Gasteiger charge is -2.08. The predicted octanol–water partition coefficient (Wildman–Crippen LogP) is 0.442. The summed E-state index contributed by atoms with van der Waals surface area (Å²) in [4.78, 5) is -0.161. The van der Waals surface area contributed by atoms with Crippen molar-refractivity contribution in [1.29, 1.82) is 0 Å². The van der Waals surface area contributed by atoms with Gasteiger partial charge in [0.2, 0.25) is 10.0 Å². The van der Waals surface area contributed by atoms with Crippen molar-refractivity contribution in [1.82, 2.24) is 9.78 Å². The summed E-state index contributed by atoms with van der Waals surface area (Å²) in [5.41, 5.74) is 5.82. The third-order valence-electron chi connectivity index (χ3n) is 2.18. The fourth-order valence-electron chi connectivity index (χ4n) is 1.41. The number of aromatic nitrogens is 2. The predicted molar refractivity (Wildman–Crippen MR) is 65.5 cm³/mol. The van der Waals surface area contributed by atoms with E-state index in [9.17, 15) is 8.42 Å². The Morgan fingerprint density at radius 2 is 2.11 bits per heavy atom. The molecule has 0 aliphatic carbocycles. The summed E-state index contributed by atoms with van der Waals surface area (Å²) in [6, 6.07) is 4.23. The Morgan fingerprint density at radius 1 is 1.39 bits per heavy atom. The molecule has 0 bridgehead atoms. The number of nitrogens with zero attached hydrogens (tertiary/aromatic N) is 2. The lowest BCUT2D eigenvalue weighted by Crippen LogP contribution is -2.13. The molecule has 0 saturated heterocycles. The van der Waals surface area contributed by atoms with Crippen LogP contribution < -0.4 is 15.6 Å². The second kappa shape index (κ2) is 4.31. The molecule has 8 heteroatoms. The minimum atomic E-state index is -3.90. The molecule has 0 amide bonds. The van der Waals surface area contributed by atoms with E-state index in [4.69, 9.17) is 15.6 Å². The smallest absolute Gasteiger partial charge is 0.241 e. The number of ether oxygens (including phenoxy) is 1. The lowest BCUT2D eigenvalue weighted by molar-refractivity contribution is 0.467. The molecule has 1 aromatic heterocycles. The van der Waals surface area contributed by atoms with Gasteiger partial charge in [-0.25, -0.2) is 13.6 Å². The largest absolute Gasteiger partial charge is 0.453 e.